The number of nitrogens with zero attached hydrogens (tertiary/aromatic N) is 4. The van der Waals surface area contributed by atoms with Crippen LogP contribution in [0.3, 0.4) is 0 Å². The van der Waals surface area contributed by atoms with Gasteiger partial charge in [-0.15, -0.1) is 0 Å². The molecule has 2 aromatic rings. The molecule has 0 aromatic heterocycles. The fourth-order valence-electron chi connectivity index (χ4n) is 1.91. The summed E-state index contributed by atoms with van der Waals surface area (Å²) in [6.45, 7) is 0. The molecule has 20 nitrogen and oxygen atoms in total. The minimum atomic E-state index is -1.75. The van der Waals surface area contributed by atoms with E-state index in [1.54, 1.807) is 25.0 Å². The maximum Gasteiger partial charge on any atom is 2.00 e. The molecule has 23 heteroatoms. The van der Waals surface area contributed by atoms with Crippen LogP contribution in [0.25, 0.3) is 0 Å². The van der Waals surface area contributed by atoms with Gasteiger partial charge in [0.25, 0.3) is 22.7 Å². The molecular weight excluding hydrogens is 651 g/mol. The zero-order valence-corrected chi connectivity index (χ0v) is 23.9. The third kappa shape index (κ3) is 19.4. The van der Waals surface area contributed by atoms with E-state index in [1.807, 2.05) is 0 Å². The Morgan fingerprint density at radius 2 is 0.805 bits per heavy atom. The van der Waals surface area contributed by atoms with Gasteiger partial charge in [0.15, 0.2) is 0 Å². The zero-order valence-electron chi connectivity index (χ0n) is 21.3. The summed E-state index contributed by atoms with van der Waals surface area (Å²) in [5.41, 5.74) is -4.19. The van der Waals surface area contributed by atoms with E-state index in [0.717, 1.165) is 24.3 Å². The molecule has 0 heterocycles. The van der Waals surface area contributed by atoms with Gasteiger partial charge in [-0.05, 0) is 12.1 Å². The number of carboxylic acids is 2. The van der Waals surface area contributed by atoms with Crippen LogP contribution >= 0.6 is 0 Å². The van der Waals surface area contributed by atoms with Crippen LogP contribution in [-0.4, -0.2) is 65.1 Å². The van der Waals surface area contributed by atoms with Crippen molar-refractivity contribution in [3.05, 3.63) is 88.0 Å². The molecule has 231 valence electrons. The third-order valence-corrected chi connectivity index (χ3v) is 3.22. The van der Waals surface area contributed by atoms with Crippen molar-refractivity contribution in [2.75, 3.05) is 25.0 Å². The van der Waals surface area contributed by atoms with E-state index in [0.29, 0.717) is 12.1 Å². The molecule has 0 fully saturated rings. The number of carboxylic acid groups (broad SMARTS) is 2. The first-order chi connectivity index (χ1) is 17.3. The fraction of sp³-hybridized carbons (Fsp3) is 0.222. The first kappa shape index (κ1) is 46.6. The van der Waals surface area contributed by atoms with E-state index in [9.17, 15) is 68.7 Å². The topological polar surface area (TPSA) is 353 Å². The predicted molar refractivity (Wildman–Crippen MR) is 138 cm³/mol. The monoisotopic (exact) mass is 675 g/mol. The molecule has 0 unspecified atom stereocenters. The Morgan fingerprint density at radius 3 is 0.951 bits per heavy atom. The van der Waals surface area contributed by atoms with Gasteiger partial charge in [0.1, 0.15) is 0 Å². The summed E-state index contributed by atoms with van der Waals surface area (Å²) in [5, 5.41) is 62.2. The predicted octanol–water partition coefficient (Wildman–Crippen LogP) is -2.12. The Labute approximate surface area is 244 Å². The van der Waals surface area contributed by atoms with Crippen LogP contribution in [0.4, 0.5) is 22.7 Å². The molecule has 6 N–H and O–H groups in total. The Balaban J connectivity index is -0.000000158. The van der Waals surface area contributed by atoms with Crippen molar-refractivity contribution in [3.8, 4) is 0 Å². The summed E-state index contributed by atoms with van der Waals surface area (Å²) in [5.74, 6) is -3.51. The number of hydrogen-bond acceptors (Lipinski definition) is 14. The van der Waals surface area contributed by atoms with Crippen LogP contribution in [0, 0.1) is 40.5 Å². The van der Waals surface area contributed by atoms with E-state index < -0.39 is 87.1 Å². The standard InChI is InChI=1S/2C7H4N2O6.2C2H6OS.Co.2H2O/c2*10-7(11)5-2-1-4(8(12)13)3-6(5)9(14)15;2*1-4(2)3;;;/h2*1-3H,(H,10,11);2*1-2H3;;2*1H2/q;;;;+2;;. The van der Waals surface area contributed by atoms with Crippen LogP contribution in [0.1, 0.15) is 20.7 Å². The molecule has 41 heavy (non-hydrogen) atoms. The van der Waals surface area contributed by atoms with Crippen LogP contribution in [0.5, 0.6) is 0 Å². The molecule has 1 radical (unpaired) electrons. The second kappa shape index (κ2) is 22.5. The van der Waals surface area contributed by atoms with Gasteiger partial charge >= 0.3 is 16.8 Å². The Kier molecular flexibility index (Phi) is 25.6. The molecule has 0 aliphatic rings. The molecule has 0 saturated carbocycles. The van der Waals surface area contributed by atoms with Crippen molar-refractivity contribution in [1.82, 2.24) is 0 Å². The zero-order chi connectivity index (χ0) is 30.3. The molecular formula is C18H24CoN4O16S2+2. The van der Waals surface area contributed by atoms with E-state index >= 15 is 0 Å². The van der Waals surface area contributed by atoms with E-state index in [2.05, 4.69) is 0 Å². The average Bonchev–Trinajstić information content (AvgIpc) is 2.77. The van der Waals surface area contributed by atoms with Crippen molar-refractivity contribution < 1.29 is 75.6 Å². The van der Waals surface area contributed by atoms with Gasteiger partial charge in [0.05, 0.1) is 54.9 Å². The minimum Gasteiger partial charge on any atom is -0.545 e. The Bertz CT molecular complexity index is 1190. The third-order valence-electron chi connectivity index (χ3n) is 3.22. The molecule has 0 bridgehead atoms. The van der Waals surface area contributed by atoms with Gasteiger partial charge in [-0.1, -0.05) is 0 Å². The summed E-state index contributed by atoms with van der Waals surface area (Å²) in [6.07, 6.45) is 6.56. The second-order valence-electron chi connectivity index (χ2n) is 6.49. The molecule has 0 aliphatic carbocycles. The van der Waals surface area contributed by atoms with Crippen LogP contribution in [0.2, 0.25) is 0 Å². The molecule has 0 atom stereocenters. The first-order valence-electron chi connectivity index (χ1n) is 9.11. The average molecular weight is 675 g/mol. The van der Waals surface area contributed by atoms with Gasteiger partial charge in [0.2, 0.25) is 0 Å². The number of aromatic carboxylic acids is 2. The number of nitro groups is 4. The van der Waals surface area contributed by atoms with Gasteiger partial charge < -0.3 is 30.8 Å². The molecule has 0 saturated heterocycles. The quantitative estimate of drug-likeness (QED) is 0.179. The second-order valence-corrected chi connectivity index (χ2v) is 9.46. The van der Waals surface area contributed by atoms with Crippen molar-refractivity contribution in [1.29, 1.82) is 0 Å². The van der Waals surface area contributed by atoms with Gasteiger partial charge in [0, 0.05) is 58.8 Å². The molecule has 0 spiro atoms. The number of rotatable bonds is 6. The van der Waals surface area contributed by atoms with E-state index in [4.69, 9.17) is 0 Å². The fourth-order valence-corrected chi connectivity index (χ4v) is 1.91. The van der Waals surface area contributed by atoms with Crippen molar-refractivity contribution >= 4 is 56.3 Å². The van der Waals surface area contributed by atoms with E-state index in [-0.39, 0.29) is 27.7 Å². The summed E-state index contributed by atoms with van der Waals surface area (Å²) >= 11 is 0. The van der Waals surface area contributed by atoms with Crippen LogP contribution in [0.15, 0.2) is 36.4 Å². The maximum absolute atomic E-state index is 10.4. The summed E-state index contributed by atoms with van der Waals surface area (Å²) in [6, 6.07) is 4.41. The maximum atomic E-state index is 10.4. The molecule has 0 aliphatic heterocycles. The van der Waals surface area contributed by atoms with Crippen molar-refractivity contribution in [2.24, 2.45) is 0 Å². The first-order valence-corrected chi connectivity index (χ1v) is 13.0. The molecule has 2 aromatic carbocycles. The SMILES string of the molecule is CS(C)=O.CS(C)=O.O=C([O-])c1ccc([N+](=O)[O-])cc1[N+](=O)[O-].O=C([O-])c1ccc([N+](=O)[O-])cc1[N+](=O)[O-].[Co+2].[OH3+].[OH3+]. The molecule has 2 rings (SSSR count). The summed E-state index contributed by atoms with van der Waals surface area (Å²) < 4.78 is 19.1. The number of non-ortho nitro benzene ring substituents is 2. The van der Waals surface area contributed by atoms with E-state index in [1.165, 1.54) is 0 Å². The molecule has 0 amide bonds. The number of nitro benzene ring substituents is 4. The Hall–Kier alpha value is -4.29. The van der Waals surface area contributed by atoms with Gasteiger partial charge in [-0.25, -0.2) is 0 Å². The van der Waals surface area contributed by atoms with Crippen LogP contribution < -0.4 is 10.2 Å². The number of carbonyl (C=O) groups is 2. The Morgan fingerprint density at radius 1 is 0.585 bits per heavy atom. The van der Waals surface area contributed by atoms with Crippen molar-refractivity contribution in [2.45, 2.75) is 0 Å². The number of benzene rings is 2. The van der Waals surface area contributed by atoms with Gasteiger partial charge in [-0.2, -0.15) is 0 Å². The smallest absolute Gasteiger partial charge is 0.545 e. The van der Waals surface area contributed by atoms with Gasteiger partial charge in [-0.3, -0.25) is 48.9 Å². The van der Waals surface area contributed by atoms with Crippen molar-refractivity contribution in [3.63, 3.8) is 0 Å². The summed E-state index contributed by atoms with van der Waals surface area (Å²) in [4.78, 5) is 58.4. The number of carbonyl (C=O) groups excluding carboxylic acids is 2. The summed E-state index contributed by atoms with van der Waals surface area (Å²) in [7, 11) is -1.22. The normalized spacial score (nSPS) is 8.73. The van der Waals surface area contributed by atoms with Crippen LogP contribution in [-0.2, 0) is 49.3 Å². The number of hydrogen-bond donors (Lipinski definition) is 0. The minimum absolute atomic E-state index is 0. The largest absolute Gasteiger partial charge is 2.00 e.